The van der Waals surface area contributed by atoms with Crippen LogP contribution >= 0.6 is 0 Å². The highest BCUT2D eigenvalue weighted by Gasteiger charge is 2.23. The van der Waals surface area contributed by atoms with E-state index in [4.69, 9.17) is 9.26 Å². The van der Waals surface area contributed by atoms with Crippen LogP contribution in [0.15, 0.2) is 10.6 Å². The van der Waals surface area contributed by atoms with Gasteiger partial charge in [0.15, 0.2) is 5.76 Å². The standard InChI is InChI=1S/C14H23N3O2/c1-12-9-14(19-15-12)11-17-6-4-16(5-7-17)10-13-3-2-8-18-13/h9,13H,2-8,10-11H2,1H3. The summed E-state index contributed by atoms with van der Waals surface area (Å²) in [5.74, 6) is 0.977. The maximum atomic E-state index is 5.70. The summed E-state index contributed by atoms with van der Waals surface area (Å²) in [6, 6.07) is 2.03. The minimum atomic E-state index is 0.475. The first kappa shape index (κ1) is 13.1. The Morgan fingerprint density at radius 1 is 1.26 bits per heavy atom. The monoisotopic (exact) mass is 265 g/mol. The molecule has 1 aromatic heterocycles. The van der Waals surface area contributed by atoms with Crippen LogP contribution in [-0.2, 0) is 11.3 Å². The normalized spacial score (nSPS) is 26.1. The summed E-state index contributed by atoms with van der Waals surface area (Å²) in [6.45, 7) is 9.38. The van der Waals surface area contributed by atoms with E-state index in [-0.39, 0.29) is 0 Å². The molecule has 0 amide bonds. The SMILES string of the molecule is Cc1cc(CN2CCN(CC3CCCO3)CC2)on1. The number of aryl methyl sites for hydroxylation is 1. The molecule has 5 heteroatoms. The van der Waals surface area contributed by atoms with Crippen LogP contribution in [0.1, 0.15) is 24.3 Å². The fourth-order valence-corrected chi connectivity index (χ4v) is 2.92. The zero-order chi connectivity index (χ0) is 13.1. The first-order valence-electron chi connectivity index (χ1n) is 7.28. The van der Waals surface area contributed by atoms with Gasteiger partial charge in [-0.3, -0.25) is 9.80 Å². The quantitative estimate of drug-likeness (QED) is 0.820. The first-order chi connectivity index (χ1) is 9.29. The van der Waals surface area contributed by atoms with Gasteiger partial charge in [-0.2, -0.15) is 0 Å². The van der Waals surface area contributed by atoms with Crippen LogP contribution in [0.2, 0.25) is 0 Å². The molecule has 0 aliphatic carbocycles. The molecule has 1 aromatic rings. The van der Waals surface area contributed by atoms with Crippen LogP contribution in [0.25, 0.3) is 0 Å². The molecular weight excluding hydrogens is 242 g/mol. The lowest BCUT2D eigenvalue weighted by molar-refractivity contribution is 0.0472. The maximum absolute atomic E-state index is 5.70. The Morgan fingerprint density at radius 3 is 2.68 bits per heavy atom. The number of hydrogen-bond acceptors (Lipinski definition) is 5. The van der Waals surface area contributed by atoms with Gasteiger partial charge in [0, 0.05) is 45.4 Å². The van der Waals surface area contributed by atoms with E-state index in [1.807, 2.05) is 13.0 Å². The van der Waals surface area contributed by atoms with Gasteiger partial charge in [0.05, 0.1) is 18.3 Å². The van der Waals surface area contributed by atoms with E-state index in [1.54, 1.807) is 0 Å². The van der Waals surface area contributed by atoms with Crippen molar-refractivity contribution in [1.82, 2.24) is 15.0 Å². The van der Waals surface area contributed by atoms with Crippen LogP contribution in [0, 0.1) is 6.92 Å². The topological polar surface area (TPSA) is 41.7 Å². The third kappa shape index (κ3) is 3.55. The van der Waals surface area contributed by atoms with E-state index in [0.717, 1.165) is 57.3 Å². The second-order valence-electron chi connectivity index (χ2n) is 5.65. The van der Waals surface area contributed by atoms with Gasteiger partial charge in [-0.05, 0) is 19.8 Å². The molecule has 1 unspecified atom stereocenters. The lowest BCUT2D eigenvalue weighted by Crippen LogP contribution is -2.48. The Labute approximate surface area is 114 Å². The van der Waals surface area contributed by atoms with Crippen molar-refractivity contribution in [3.05, 3.63) is 17.5 Å². The van der Waals surface area contributed by atoms with Crippen molar-refractivity contribution in [1.29, 1.82) is 0 Å². The van der Waals surface area contributed by atoms with Crippen molar-refractivity contribution >= 4 is 0 Å². The van der Waals surface area contributed by atoms with Crippen molar-refractivity contribution in [2.45, 2.75) is 32.4 Å². The van der Waals surface area contributed by atoms with Crippen LogP contribution in [0.3, 0.4) is 0 Å². The van der Waals surface area contributed by atoms with Crippen molar-refractivity contribution in [2.24, 2.45) is 0 Å². The Kier molecular flexibility index (Phi) is 4.15. The van der Waals surface area contributed by atoms with Gasteiger partial charge < -0.3 is 9.26 Å². The van der Waals surface area contributed by atoms with E-state index in [1.165, 1.54) is 12.8 Å². The van der Waals surface area contributed by atoms with E-state index in [9.17, 15) is 0 Å². The Morgan fingerprint density at radius 2 is 2.05 bits per heavy atom. The average Bonchev–Trinajstić information content (AvgIpc) is 3.04. The Bertz CT molecular complexity index is 393. The second kappa shape index (κ2) is 6.03. The zero-order valence-corrected chi connectivity index (χ0v) is 11.7. The van der Waals surface area contributed by atoms with Gasteiger partial charge in [-0.15, -0.1) is 0 Å². The second-order valence-corrected chi connectivity index (χ2v) is 5.65. The number of piperazine rings is 1. The molecule has 2 fully saturated rings. The minimum absolute atomic E-state index is 0.475. The highest BCUT2D eigenvalue weighted by atomic mass is 16.5. The summed E-state index contributed by atoms with van der Waals surface area (Å²) in [4.78, 5) is 4.96. The van der Waals surface area contributed by atoms with Crippen LogP contribution in [0.4, 0.5) is 0 Å². The molecule has 2 aliphatic rings. The highest BCUT2D eigenvalue weighted by molar-refractivity contribution is 5.03. The van der Waals surface area contributed by atoms with Crippen molar-refractivity contribution in [3.63, 3.8) is 0 Å². The molecule has 0 saturated carbocycles. The Hall–Kier alpha value is -0.910. The number of hydrogen-bond donors (Lipinski definition) is 0. The van der Waals surface area contributed by atoms with Crippen LogP contribution < -0.4 is 0 Å². The summed E-state index contributed by atoms with van der Waals surface area (Å²) in [5, 5.41) is 3.94. The lowest BCUT2D eigenvalue weighted by Gasteiger charge is -2.35. The third-order valence-corrected chi connectivity index (χ3v) is 4.01. The van der Waals surface area contributed by atoms with Crippen molar-refractivity contribution < 1.29 is 9.26 Å². The minimum Gasteiger partial charge on any atom is -0.377 e. The van der Waals surface area contributed by atoms with Gasteiger partial charge in [-0.25, -0.2) is 0 Å². The zero-order valence-electron chi connectivity index (χ0n) is 11.7. The van der Waals surface area contributed by atoms with E-state index < -0.39 is 0 Å². The molecule has 0 bridgehead atoms. The number of nitrogens with zero attached hydrogens (tertiary/aromatic N) is 3. The summed E-state index contributed by atoms with van der Waals surface area (Å²) in [7, 11) is 0. The van der Waals surface area contributed by atoms with Gasteiger partial charge in [0.2, 0.25) is 0 Å². The molecule has 3 rings (SSSR count). The smallest absolute Gasteiger partial charge is 0.150 e. The molecule has 3 heterocycles. The van der Waals surface area contributed by atoms with E-state index in [0.29, 0.717) is 6.10 Å². The molecule has 2 aliphatic heterocycles. The summed E-state index contributed by atoms with van der Waals surface area (Å²) in [6.07, 6.45) is 2.94. The molecule has 0 spiro atoms. The number of ether oxygens (including phenoxy) is 1. The van der Waals surface area contributed by atoms with E-state index >= 15 is 0 Å². The number of aromatic nitrogens is 1. The fourth-order valence-electron chi connectivity index (χ4n) is 2.92. The molecule has 1 atom stereocenters. The average molecular weight is 265 g/mol. The lowest BCUT2D eigenvalue weighted by atomic mass is 10.2. The van der Waals surface area contributed by atoms with E-state index in [2.05, 4.69) is 15.0 Å². The molecule has 19 heavy (non-hydrogen) atoms. The van der Waals surface area contributed by atoms with Crippen LogP contribution in [-0.4, -0.2) is 60.4 Å². The van der Waals surface area contributed by atoms with Gasteiger partial charge >= 0.3 is 0 Å². The Balaban J connectivity index is 1.41. The summed E-state index contributed by atoms with van der Waals surface area (Å²) >= 11 is 0. The fraction of sp³-hybridized carbons (Fsp3) is 0.786. The molecule has 2 saturated heterocycles. The third-order valence-electron chi connectivity index (χ3n) is 4.01. The molecule has 5 nitrogen and oxygen atoms in total. The van der Waals surface area contributed by atoms with Gasteiger partial charge in [0.25, 0.3) is 0 Å². The number of rotatable bonds is 4. The molecular formula is C14H23N3O2. The largest absolute Gasteiger partial charge is 0.377 e. The summed E-state index contributed by atoms with van der Waals surface area (Å²) < 4.78 is 11.0. The first-order valence-corrected chi connectivity index (χ1v) is 7.28. The molecule has 0 radical (unpaired) electrons. The molecule has 0 N–H and O–H groups in total. The predicted octanol–water partition coefficient (Wildman–Crippen LogP) is 1.28. The van der Waals surface area contributed by atoms with Crippen molar-refractivity contribution in [2.75, 3.05) is 39.3 Å². The van der Waals surface area contributed by atoms with Crippen LogP contribution in [0.5, 0.6) is 0 Å². The van der Waals surface area contributed by atoms with Crippen molar-refractivity contribution in [3.8, 4) is 0 Å². The maximum Gasteiger partial charge on any atom is 0.150 e. The molecule has 0 aromatic carbocycles. The molecule has 106 valence electrons. The highest BCUT2D eigenvalue weighted by Crippen LogP contribution is 2.15. The summed E-state index contributed by atoms with van der Waals surface area (Å²) in [5.41, 5.74) is 0.965. The van der Waals surface area contributed by atoms with Gasteiger partial charge in [0.1, 0.15) is 0 Å². The van der Waals surface area contributed by atoms with Gasteiger partial charge in [-0.1, -0.05) is 5.16 Å². The predicted molar refractivity (Wildman–Crippen MR) is 71.9 cm³/mol.